The van der Waals surface area contributed by atoms with Gasteiger partial charge >= 0.3 is 23.1 Å². The molecule has 0 saturated carbocycles. The molecule has 3 heteroatoms. The van der Waals surface area contributed by atoms with Crippen molar-refractivity contribution in [2.24, 2.45) is 0 Å². The first-order chi connectivity index (χ1) is 4.61. The van der Waals surface area contributed by atoms with Crippen molar-refractivity contribution in [3.05, 3.63) is 35.9 Å². The molecule has 0 aliphatic rings. The summed E-state index contributed by atoms with van der Waals surface area (Å²) in [7, 11) is 0. The van der Waals surface area contributed by atoms with E-state index in [-0.39, 0.29) is 40.0 Å². The molecule has 0 spiro atoms. The average molecular weight is 240 g/mol. The van der Waals surface area contributed by atoms with E-state index in [1.807, 2.05) is 30.3 Å². The second-order valence-corrected chi connectivity index (χ2v) is 2.93. The van der Waals surface area contributed by atoms with Crippen molar-refractivity contribution in [2.45, 2.75) is 19.4 Å². The maximum Gasteiger partial charge on any atom is 2.00 e. The van der Waals surface area contributed by atoms with Crippen LogP contribution in [0.3, 0.4) is 0 Å². The topological polar surface area (TPSA) is 20.2 Å². The van der Waals surface area contributed by atoms with Gasteiger partial charge in [-0.1, -0.05) is 30.3 Å². The fraction of sp³-hybridized carbons (Fsp3) is 0.333. The Morgan fingerprint density at radius 2 is 1.50 bits per heavy atom. The van der Waals surface area contributed by atoms with Gasteiger partial charge in [0.15, 0.2) is 0 Å². The Kier molecular flexibility index (Phi) is 7.42. The van der Waals surface area contributed by atoms with Gasteiger partial charge in [0.25, 0.3) is 0 Å². The van der Waals surface area contributed by atoms with Crippen molar-refractivity contribution in [3.63, 3.8) is 0 Å². The summed E-state index contributed by atoms with van der Waals surface area (Å²) < 4.78 is 0. The predicted octanol–water partition coefficient (Wildman–Crippen LogP) is -1.46. The molecular formula is C9H12BrMgO+. The maximum atomic E-state index is 9.49. The van der Waals surface area contributed by atoms with E-state index in [2.05, 4.69) is 0 Å². The van der Waals surface area contributed by atoms with Gasteiger partial charge < -0.3 is 22.1 Å². The minimum atomic E-state index is -0.707. The van der Waals surface area contributed by atoms with Crippen LogP contribution in [-0.4, -0.2) is 28.2 Å². The van der Waals surface area contributed by atoms with E-state index in [4.69, 9.17) is 0 Å². The van der Waals surface area contributed by atoms with Crippen LogP contribution in [0.1, 0.15) is 19.4 Å². The number of benzene rings is 1. The zero-order chi connectivity index (χ0) is 7.61. The molecule has 1 aromatic carbocycles. The van der Waals surface area contributed by atoms with E-state index in [0.717, 1.165) is 5.56 Å². The van der Waals surface area contributed by atoms with Gasteiger partial charge in [-0.3, -0.25) is 0 Å². The van der Waals surface area contributed by atoms with Gasteiger partial charge in [-0.2, -0.15) is 0 Å². The second kappa shape index (κ2) is 5.97. The Hall–Kier alpha value is 0.426. The fourth-order valence-electron chi connectivity index (χ4n) is 0.846. The van der Waals surface area contributed by atoms with Crippen LogP contribution in [0.2, 0.25) is 0 Å². The van der Waals surface area contributed by atoms with Gasteiger partial charge in [-0.05, 0) is 19.4 Å². The molecule has 1 rings (SSSR count). The summed E-state index contributed by atoms with van der Waals surface area (Å²) in [6.07, 6.45) is 0. The summed E-state index contributed by atoms with van der Waals surface area (Å²) in [5.74, 6) is 0. The van der Waals surface area contributed by atoms with Crippen molar-refractivity contribution in [1.82, 2.24) is 0 Å². The van der Waals surface area contributed by atoms with Crippen LogP contribution in [0.25, 0.3) is 0 Å². The molecule has 0 heterocycles. The molecule has 0 radical (unpaired) electrons. The van der Waals surface area contributed by atoms with Crippen molar-refractivity contribution >= 4 is 23.1 Å². The van der Waals surface area contributed by atoms with E-state index >= 15 is 0 Å². The summed E-state index contributed by atoms with van der Waals surface area (Å²) in [4.78, 5) is 0. The SMILES string of the molecule is CC(C)(O)c1ccccc1.[Br-].[Mg+2]. The van der Waals surface area contributed by atoms with Gasteiger partial charge in [0, 0.05) is 0 Å². The van der Waals surface area contributed by atoms with E-state index in [1.165, 1.54) is 0 Å². The van der Waals surface area contributed by atoms with Crippen LogP contribution < -0.4 is 17.0 Å². The number of hydrogen-bond acceptors (Lipinski definition) is 1. The smallest absolute Gasteiger partial charge is 1.00 e. The van der Waals surface area contributed by atoms with Crippen LogP contribution >= 0.6 is 0 Å². The third-order valence-corrected chi connectivity index (χ3v) is 1.48. The molecule has 0 fully saturated rings. The Bertz CT molecular complexity index is 206. The first-order valence-corrected chi connectivity index (χ1v) is 3.38. The molecular weight excluding hydrogens is 228 g/mol. The standard InChI is InChI=1S/C9H12O.BrH.Mg/c1-9(2,10)8-6-4-3-5-7-8;;/h3-7,10H,1-2H3;1H;/q;;+2/p-1. The summed E-state index contributed by atoms with van der Waals surface area (Å²) in [6, 6.07) is 9.62. The number of aliphatic hydroxyl groups is 1. The van der Waals surface area contributed by atoms with Gasteiger partial charge in [0.05, 0.1) is 5.60 Å². The zero-order valence-electron chi connectivity index (χ0n) is 7.42. The quantitative estimate of drug-likeness (QED) is 0.595. The van der Waals surface area contributed by atoms with Gasteiger partial charge in [0.1, 0.15) is 0 Å². The molecule has 0 aliphatic heterocycles. The molecule has 0 amide bonds. The molecule has 12 heavy (non-hydrogen) atoms. The molecule has 0 saturated heterocycles. The average Bonchev–Trinajstić information content (AvgIpc) is 1.88. The Morgan fingerprint density at radius 1 is 1.08 bits per heavy atom. The number of halogens is 1. The monoisotopic (exact) mass is 239 g/mol. The Balaban J connectivity index is 0. The van der Waals surface area contributed by atoms with E-state index in [0.29, 0.717) is 0 Å². The molecule has 1 aromatic rings. The maximum absolute atomic E-state index is 9.49. The van der Waals surface area contributed by atoms with E-state index < -0.39 is 5.60 Å². The van der Waals surface area contributed by atoms with Crippen LogP contribution in [-0.2, 0) is 5.60 Å². The van der Waals surface area contributed by atoms with Gasteiger partial charge in [-0.15, -0.1) is 0 Å². The summed E-state index contributed by atoms with van der Waals surface area (Å²) in [5.41, 5.74) is 0.247. The molecule has 1 N–H and O–H groups in total. The summed E-state index contributed by atoms with van der Waals surface area (Å²) in [6.45, 7) is 3.56. The van der Waals surface area contributed by atoms with Gasteiger partial charge in [-0.25, -0.2) is 0 Å². The zero-order valence-corrected chi connectivity index (χ0v) is 10.4. The Labute approximate surface area is 100 Å². The molecule has 1 nitrogen and oxygen atoms in total. The third-order valence-electron chi connectivity index (χ3n) is 1.48. The first kappa shape index (κ1) is 14.9. The van der Waals surface area contributed by atoms with E-state index in [9.17, 15) is 5.11 Å². The minimum absolute atomic E-state index is 0. The fourth-order valence-corrected chi connectivity index (χ4v) is 0.846. The molecule has 0 bridgehead atoms. The van der Waals surface area contributed by atoms with Gasteiger partial charge in [0.2, 0.25) is 0 Å². The first-order valence-electron chi connectivity index (χ1n) is 3.38. The second-order valence-electron chi connectivity index (χ2n) is 2.93. The van der Waals surface area contributed by atoms with Crippen molar-refractivity contribution in [2.75, 3.05) is 0 Å². The van der Waals surface area contributed by atoms with E-state index in [1.54, 1.807) is 13.8 Å². The molecule has 0 aromatic heterocycles. The predicted molar refractivity (Wildman–Crippen MR) is 47.4 cm³/mol. The van der Waals surface area contributed by atoms with Crippen LogP contribution in [0.5, 0.6) is 0 Å². The van der Waals surface area contributed by atoms with Crippen LogP contribution in [0.15, 0.2) is 30.3 Å². The number of hydrogen-bond donors (Lipinski definition) is 1. The molecule has 62 valence electrons. The molecule has 0 aliphatic carbocycles. The third kappa shape index (κ3) is 4.45. The normalized spacial score (nSPS) is 9.58. The largest absolute Gasteiger partial charge is 2.00 e. The van der Waals surface area contributed by atoms with Crippen LogP contribution in [0, 0.1) is 0 Å². The molecule has 0 atom stereocenters. The summed E-state index contributed by atoms with van der Waals surface area (Å²) in [5, 5.41) is 9.49. The Morgan fingerprint density at radius 3 is 1.75 bits per heavy atom. The van der Waals surface area contributed by atoms with Crippen LogP contribution in [0.4, 0.5) is 0 Å². The minimum Gasteiger partial charge on any atom is -1.00 e. The summed E-state index contributed by atoms with van der Waals surface area (Å²) >= 11 is 0. The van der Waals surface area contributed by atoms with Crippen molar-refractivity contribution in [1.29, 1.82) is 0 Å². The van der Waals surface area contributed by atoms with Crippen molar-refractivity contribution in [3.8, 4) is 0 Å². The number of rotatable bonds is 1. The molecule has 0 unspecified atom stereocenters. The van der Waals surface area contributed by atoms with Crippen molar-refractivity contribution < 1.29 is 22.1 Å².